The van der Waals surface area contributed by atoms with Gasteiger partial charge in [-0.1, -0.05) is 0 Å². The van der Waals surface area contributed by atoms with Gasteiger partial charge in [0.25, 0.3) is 0 Å². The number of carbonyl (C=O) groups is 2. The summed E-state index contributed by atoms with van der Waals surface area (Å²) in [5.74, 6) is -0.886. The van der Waals surface area contributed by atoms with E-state index < -0.39 is 26.8 Å². The van der Waals surface area contributed by atoms with Crippen molar-refractivity contribution >= 4 is 20.7 Å². The second-order valence-electron chi connectivity index (χ2n) is 5.35. The van der Waals surface area contributed by atoms with Gasteiger partial charge >= 0.3 is 20.7 Å². The van der Waals surface area contributed by atoms with Gasteiger partial charge in [-0.3, -0.25) is 9.59 Å². The minimum atomic E-state index is -2.70. The van der Waals surface area contributed by atoms with E-state index in [2.05, 4.69) is 5.32 Å². The molecule has 1 unspecified atom stereocenters. The number of ether oxygens (including phenoxy) is 2. The molecule has 0 fully saturated rings. The van der Waals surface area contributed by atoms with Gasteiger partial charge in [0.05, 0.1) is 19.6 Å². The minimum Gasteiger partial charge on any atom is -0.466 e. The van der Waals surface area contributed by atoms with Gasteiger partial charge in [-0.2, -0.15) is 0 Å². The summed E-state index contributed by atoms with van der Waals surface area (Å²) in [5.41, 5.74) is 0. The third-order valence-electron chi connectivity index (χ3n) is 3.39. The summed E-state index contributed by atoms with van der Waals surface area (Å²) in [6.45, 7) is 11.8. The summed E-state index contributed by atoms with van der Waals surface area (Å²) in [4.78, 5) is 23.7. The zero-order valence-corrected chi connectivity index (χ0v) is 17.8. The second kappa shape index (κ2) is 15.1. The van der Waals surface area contributed by atoms with Crippen molar-refractivity contribution in [2.45, 2.75) is 59.5 Å². The lowest BCUT2D eigenvalue weighted by Gasteiger charge is -2.28. The van der Waals surface area contributed by atoms with Crippen molar-refractivity contribution in [2.24, 2.45) is 0 Å². The molecule has 0 aromatic carbocycles. The van der Waals surface area contributed by atoms with E-state index in [9.17, 15) is 9.59 Å². The fourth-order valence-corrected chi connectivity index (χ4v) is 5.06. The molecular weight excluding hydrogens is 358 g/mol. The average Bonchev–Trinajstić information content (AvgIpc) is 2.58. The Kier molecular flexibility index (Phi) is 14.5. The van der Waals surface area contributed by atoms with Crippen LogP contribution < -0.4 is 5.32 Å². The highest BCUT2D eigenvalue weighted by Gasteiger charge is 2.39. The lowest BCUT2D eigenvalue weighted by Crippen LogP contribution is -2.47. The highest BCUT2D eigenvalue weighted by molar-refractivity contribution is 6.60. The molecule has 0 radical (unpaired) electrons. The summed E-state index contributed by atoms with van der Waals surface area (Å²) >= 11 is 0. The quantitative estimate of drug-likeness (QED) is 0.241. The summed E-state index contributed by atoms with van der Waals surface area (Å²) in [6.07, 6.45) is 0.628. The number of rotatable bonds is 16. The first-order valence-corrected chi connectivity index (χ1v) is 11.4. The van der Waals surface area contributed by atoms with E-state index in [0.29, 0.717) is 38.8 Å². The zero-order chi connectivity index (χ0) is 19.8. The molecule has 0 aliphatic rings. The van der Waals surface area contributed by atoms with Crippen LogP contribution in [-0.4, -0.2) is 66.4 Å². The van der Waals surface area contributed by atoms with Crippen molar-refractivity contribution in [3.63, 3.8) is 0 Å². The number of carbonyl (C=O) groups excluding carboxylic acids is 2. The average molecular weight is 394 g/mol. The van der Waals surface area contributed by atoms with Crippen LogP contribution in [0.25, 0.3) is 0 Å². The molecule has 0 bridgehead atoms. The second-order valence-corrected chi connectivity index (χ2v) is 8.09. The third kappa shape index (κ3) is 10.2. The van der Waals surface area contributed by atoms with E-state index in [1.54, 1.807) is 13.8 Å². The Balaban J connectivity index is 4.64. The molecule has 0 aromatic rings. The van der Waals surface area contributed by atoms with Crippen LogP contribution in [0, 0.1) is 0 Å². The van der Waals surface area contributed by atoms with Crippen LogP contribution in [0.4, 0.5) is 0 Å². The predicted octanol–water partition coefficient (Wildman–Crippen LogP) is 1.90. The van der Waals surface area contributed by atoms with E-state index in [1.807, 2.05) is 20.8 Å². The molecule has 0 aliphatic carbocycles. The van der Waals surface area contributed by atoms with E-state index in [0.717, 1.165) is 0 Å². The summed E-state index contributed by atoms with van der Waals surface area (Å²) in [7, 11) is -2.70. The largest absolute Gasteiger partial charge is 0.500 e. The molecule has 0 aromatic heterocycles. The molecule has 0 aliphatic heterocycles. The van der Waals surface area contributed by atoms with Gasteiger partial charge < -0.3 is 28.1 Å². The molecule has 0 saturated carbocycles. The SMILES string of the molecule is CCOC(=O)CC(NCCC[Si](OCC)(OCC)OCC)C(=O)OCC. The van der Waals surface area contributed by atoms with Crippen LogP contribution in [0.15, 0.2) is 0 Å². The fraction of sp³-hybridized carbons (Fsp3) is 0.882. The molecule has 1 N–H and O–H groups in total. The third-order valence-corrected chi connectivity index (χ3v) is 6.54. The first-order chi connectivity index (χ1) is 12.5. The molecule has 154 valence electrons. The van der Waals surface area contributed by atoms with Crippen molar-refractivity contribution < 1.29 is 32.3 Å². The maximum Gasteiger partial charge on any atom is 0.500 e. The lowest BCUT2D eigenvalue weighted by molar-refractivity contribution is -0.152. The Morgan fingerprint density at radius 1 is 0.846 bits per heavy atom. The summed E-state index contributed by atoms with van der Waals surface area (Å²) in [5, 5.41) is 3.07. The van der Waals surface area contributed by atoms with Crippen molar-refractivity contribution in [1.82, 2.24) is 5.32 Å². The Labute approximate surface area is 158 Å². The Bertz CT molecular complexity index is 378. The van der Waals surface area contributed by atoms with Crippen LogP contribution >= 0.6 is 0 Å². The first-order valence-electron chi connectivity index (χ1n) is 9.45. The van der Waals surface area contributed by atoms with Crippen LogP contribution in [0.3, 0.4) is 0 Å². The number of hydrogen-bond donors (Lipinski definition) is 1. The van der Waals surface area contributed by atoms with Gasteiger partial charge in [0.15, 0.2) is 0 Å². The Hall–Kier alpha value is -1.00. The van der Waals surface area contributed by atoms with E-state index in [-0.39, 0.29) is 19.6 Å². The minimum absolute atomic E-state index is 0.0579. The van der Waals surface area contributed by atoms with Crippen LogP contribution in [0.5, 0.6) is 0 Å². The summed E-state index contributed by atoms with van der Waals surface area (Å²) in [6, 6.07) is -0.0962. The topological polar surface area (TPSA) is 92.3 Å². The van der Waals surface area contributed by atoms with Gasteiger partial charge in [-0.15, -0.1) is 0 Å². The molecule has 0 rings (SSSR count). The number of esters is 2. The van der Waals surface area contributed by atoms with Crippen molar-refractivity contribution in [2.75, 3.05) is 39.6 Å². The van der Waals surface area contributed by atoms with Crippen LogP contribution in [0.2, 0.25) is 6.04 Å². The molecule has 26 heavy (non-hydrogen) atoms. The maximum absolute atomic E-state index is 12.0. The van der Waals surface area contributed by atoms with E-state index >= 15 is 0 Å². The fourth-order valence-electron chi connectivity index (χ4n) is 2.45. The number of nitrogens with one attached hydrogen (secondary N) is 1. The molecule has 9 heteroatoms. The van der Waals surface area contributed by atoms with Gasteiger partial charge in [0.2, 0.25) is 0 Å². The van der Waals surface area contributed by atoms with Crippen molar-refractivity contribution in [3.8, 4) is 0 Å². The smallest absolute Gasteiger partial charge is 0.466 e. The Morgan fingerprint density at radius 3 is 1.85 bits per heavy atom. The van der Waals surface area contributed by atoms with E-state index in [4.69, 9.17) is 22.8 Å². The molecular formula is C17H35NO7Si. The molecule has 0 saturated heterocycles. The molecule has 0 heterocycles. The first kappa shape index (κ1) is 25.0. The highest BCUT2D eigenvalue weighted by Crippen LogP contribution is 2.18. The normalized spacial score (nSPS) is 12.7. The monoisotopic (exact) mass is 393 g/mol. The Morgan fingerprint density at radius 2 is 1.38 bits per heavy atom. The maximum atomic E-state index is 12.0. The molecule has 0 amide bonds. The van der Waals surface area contributed by atoms with Crippen LogP contribution in [-0.2, 0) is 32.3 Å². The van der Waals surface area contributed by atoms with Gasteiger partial charge in [0.1, 0.15) is 6.04 Å². The van der Waals surface area contributed by atoms with Gasteiger partial charge in [-0.25, -0.2) is 0 Å². The lowest BCUT2D eigenvalue weighted by atomic mass is 10.2. The predicted molar refractivity (Wildman–Crippen MR) is 99.7 cm³/mol. The number of hydrogen-bond acceptors (Lipinski definition) is 8. The van der Waals surface area contributed by atoms with E-state index in [1.165, 1.54) is 0 Å². The van der Waals surface area contributed by atoms with Crippen molar-refractivity contribution in [3.05, 3.63) is 0 Å². The van der Waals surface area contributed by atoms with Crippen LogP contribution in [0.1, 0.15) is 47.5 Å². The summed E-state index contributed by atoms with van der Waals surface area (Å²) < 4.78 is 27.3. The molecule has 0 spiro atoms. The standard InChI is InChI=1S/C17H35NO7Si/c1-6-21-16(19)14-15(17(20)22-7-2)18-12-11-13-26(23-8-3,24-9-4)25-10-5/h15,18H,6-14H2,1-5H3. The van der Waals surface area contributed by atoms with Gasteiger partial charge in [-0.05, 0) is 47.6 Å². The van der Waals surface area contributed by atoms with Gasteiger partial charge in [0, 0.05) is 25.9 Å². The molecule has 1 atom stereocenters. The van der Waals surface area contributed by atoms with Crippen molar-refractivity contribution in [1.29, 1.82) is 0 Å². The zero-order valence-electron chi connectivity index (χ0n) is 16.8. The molecule has 8 nitrogen and oxygen atoms in total. The highest BCUT2D eigenvalue weighted by atomic mass is 28.4.